The lowest BCUT2D eigenvalue weighted by molar-refractivity contribution is -0.137. The molecule has 40 heavy (non-hydrogen) atoms. The molecule has 13 heteroatoms. The van der Waals surface area contributed by atoms with Gasteiger partial charge in [-0.3, -0.25) is 19.4 Å². The zero-order chi connectivity index (χ0) is 29.3. The van der Waals surface area contributed by atoms with E-state index in [1.54, 1.807) is 18.2 Å². The Morgan fingerprint density at radius 2 is 1.60 bits per heavy atom. The molecule has 0 spiro atoms. The van der Waals surface area contributed by atoms with Gasteiger partial charge in [0.05, 0.1) is 48.5 Å². The smallest absolute Gasteiger partial charge is 0.346 e. The number of rotatable bonds is 12. The van der Waals surface area contributed by atoms with Gasteiger partial charge in [-0.25, -0.2) is 0 Å². The summed E-state index contributed by atoms with van der Waals surface area (Å²) in [5.74, 6) is -1.67. The minimum Gasteiger partial charge on any atom is -0.346 e. The molecule has 0 saturated carbocycles. The molecule has 2 aromatic carbocycles. The summed E-state index contributed by atoms with van der Waals surface area (Å²) in [5, 5.41) is 3.19. The van der Waals surface area contributed by atoms with Gasteiger partial charge in [0.2, 0.25) is 17.7 Å². The van der Waals surface area contributed by atoms with Gasteiger partial charge in [-0.1, -0.05) is 30.3 Å². The monoisotopic (exact) mass is 559 g/mol. The van der Waals surface area contributed by atoms with Crippen molar-refractivity contribution in [2.45, 2.75) is 25.2 Å². The van der Waals surface area contributed by atoms with Crippen LogP contribution in [0.25, 0.3) is 10.9 Å². The second kappa shape index (κ2) is 13.8. The lowest BCUT2D eigenvalue weighted by Gasteiger charge is -2.24. The van der Waals surface area contributed by atoms with Crippen molar-refractivity contribution in [3.63, 3.8) is 0 Å². The second-order valence-electron chi connectivity index (χ2n) is 9.05. The molecule has 0 aliphatic heterocycles. The molecular weight excluding hydrogens is 527 g/mol. The first kappa shape index (κ1) is 30.5. The van der Waals surface area contributed by atoms with Gasteiger partial charge >= 0.3 is 6.18 Å². The first-order chi connectivity index (χ1) is 19.0. The van der Waals surface area contributed by atoms with E-state index < -0.39 is 42.0 Å². The van der Waals surface area contributed by atoms with Gasteiger partial charge < -0.3 is 32.3 Å². The van der Waals surface area contributed by atoms with Crippen LogP contribution in [0.4, 0.5) is 18.9 Å². The second-order valence-corrected chi connectivity index (χ2v) is 9.05. The Morgan fingerprint density at radius 3 is 2.23 bits per heavy atom. The Morgan fingerprint density at radius 1 is 0.950 bits per heavy atom. The standard InChI is InChI=1S/C27H32F3N7O3/c28-27(29,30)20-7-5-18(6-8-20)17-37(21-13-19-3-1-2-4-23(19)34-15-21)25(39)16-35-26(40)22(33)14-24(38)36(11-9-31)12-10-32/h1-8,13,15,22H,9-12,14,16-17,31-33H2,(H,35,40). The number of carbonyl (C=O) groups is 3. The van der Waals surface area contributed by atoms with E-state index >= 15 is 0 Å². The fourth-order valence-corrected chi connectivity index (χ4v) is 3.98. The van der Waals surface area contributed by atoms with Crippen molar-refractivity contribution in [3.8, 4) is 0 Å². The van der Waals surface area contributed by atoms with Crippen LogP contribution < -0.4 is 27.4 Å². The zero-order valence-corrected chi connectivity index (χ0v) is 21.7. The van der Waals surface area contributed by atoms with Crippen molar-refractivity contribution < 1.29 is 27.6 Å². The van der Waals surface area contributed by atoms with Crippen molar-refractivity contribution in [1.29, 1.82) is 0 Å². The Hall–Kier alpha value is -4.07. The number of alkyl halides is 3. The molecule has 10 nitrogen and oxygen atoms in total. The van der Waals surface area contributed by atoms with Crippen LogP contribution in [0.15, 0.2) is 60.8 Å². The predicted octanol–water partition coefficient (Wildman–Crippen LogP) is 1.37. The van der Waals surface area contributed by atoms with Crippen molar-refractivity contribution in [1.82, 2.24) is 15.2 Å². The molecule has 0 saturated heterocycles. The molecule has 0 bridgehead atoms. The summed E-state index contributed by atoms with van der Waals surface area (Å²) in [5.41, 5.74) is 17.6. The highest BCUT2D eigenvalue weighted by atomic mass is 19.4. The van der Waals surface area contributed by atoms with Crippen LogP contribution >= 0.6 is 0 Å². The number of fused-ring (bicyclic) bond motifs is 1. The number of carbonyl (C=O) groups excluding carboxylic acids is 3. The predicted molar refractivity (Wildman–Crippen MR) is 145 cm³/mol. The van der Waals surface area contributed by atoms with Gasteiger partial charge in [0.25, 0.3) is 0 Å². The van der Waals surface area contributed by atoms with E-state index in [9.17, 15) is 27.6 Å². The highest BCUT2D eigenvalue weighted by molar-refractivity contribution is 5.99. The van der Waals surface area contributed by atoms with E-state index in [-0.39, 0.29) is 39.1 Å². The molecule has 0 fully saturated rings. The summed E-state index contributed by atoms with van der Waals surface area (Å²) in [6.07, 6.45) is -3.32. The van der Waals surface area contributed by atoms with Gasteiger partial charge in [0, 0.05) is 31.6 Å². The van der Waals surface area contributed by atoms with Crippen molar-refractivity contribution in [2.24, 2.45) is 17.2 Å². The van der Waals surface area contributed by atoms with Crippen molar-refractivity contribution in [2.75, 3.05) is 37.6 Å². The maximum Gasteiger partial charge on any atom is 0.416 e. The maximum absolute atomic E-state index is 13.3. The summed E-state index contributed by atoms with van der Waals surface area (Å²) in [7, 11) is 0. The Kier molecular flexibility index (Phi) is 10.5. The van der Waals surface area contributed by atoms with Gasteiger partial charge in [-0.05, 0) is 29.8 Å². The number of pyridine rings is 1. The van der Waals surface area contributed by atoms with Crippen molar-refractivity contribution >= 4 is 34.3 Å². The van der Waals surface area contributed by atoms with Crippen LogP contribution in [0.3, 0.4) is 0 Å². The summed E-state index contributed by atoms with van der Waals surface area (Å²) in [6, 6.07) is 12.2. The number of anilines is 1. The number of benzene rings is 2. The first-order valence-corrected chi connectivity index (χ1v) is 12.6. The molecule has 3 amide bonds. The number of aromatic nitrogens is 1. The number of nitrogens with two attached hydrogens (primary N) is 3. The van der Waals surface area contributed by atoms with Crippen molar-refractivity contribution in [3.05, 3.63) is 71.9 Å². The molecule has 0 aliphatic carbocycles. The average Bonchev–Trinajstić information content (AvgIpc) is 2.93. The van der Waals surface area contributed by atoms with Gasteiger partial charge in [-0.2, -0.15) is 13.2 Å². The van der Waals surface area contributed by atoms with Gasteiger partial charge in [-0.15, -0.1) is 0 Å². The lowest BCUT2D eigenvalue weighted by Crippen LogP contribution is -2.48. The van der Waals surface area contributed by atoms with Crippen LogP contribution in [0, 0.1) is 0 Å². The van der Waals surface area contributed by atoms with Gasteiger partial charge in [0.1, 0.15) is 0 Å². The summed E-state index contributed by atoms with van der Waals surface area (Å²) in [6.45, 7) is 0.428. The highest BCUT2D eigenvalue weighted by Crippen LogP contribution is 2.29. The lowest BCUT2D eigenvalue weighted by atomic mass is 10.1. The fraction of sp³-hybridized carbons (Fsp3) is 0.333. The minimum atomic E-state index is -4.49. The molecular formula is C27H32F3N7O3. The van der Waals surface area contributed by atoms with E-state index in [0.717, 1.165) is 17.5 Å². The Bertz CT molecular complexity index is 1310. The SMILES string of the molecule is NCCN(CCN)C(=O)CC(N)C(=O)NCC(=O)N(Cc1ccc(C(F)(F)F)cc1)c1cnc2ccccc2c1. The van der Waals surface area contributed by atoms with E-state index in [1.165, 1.54) is 28.1 Å². The van der Waals surface area contributed by atoms with Crippen LogP contribution in [0.5, 0.6) is 0 Å². The van der Waals surface area contributed by atoms with E-state index in [1.807, 2.05) is 12.1 Å². The molecule has 3 rings (SSSR count). The van der Waals surface area contributed by atoms with Crippen LogP contribution in [0.1, 0.15) is 17.5 Å². The molecule has 1 aromatic heterocycles. The maximum atomic E-state index is 13.3. The topological polar surface area (TPSA) is 161 Å². The molecule has 1 heterocycles. The highest BCUT2D eigenvalue weighted by Gasteiger charge is 2.30. The molecule has 0 aliphatic rings. The number of hydrogen-bond donors (Lipinski definition) is 4. The number of nitrogens with zero attached hydrogens (tertiary/aromatic N) is 3. The van der Waals surface area contributed by atoms with Crippen LogP contribution in [-0.4, -0.2) is 66.4 Å². The molecule has 3 aromatic rings. The number of halogens is 3. The van der Waals surface area contributed by atoms with E-state index in [4.69, 9.17) is 17.2 Å². The quantitative estimate of drug-likeness (QED) is 0.261. The third kappa shape index (κ3) is 8.21. The molecule has 7 N–H and O–H groups in total. The summed E-state index contributed by atoms with van der Waals surface area (Å²) >= 11 is 0. The normalized spacial score (nSPS) is 12.2. The van der Waals surface area contributed by atoms with Gasteiger partial charge in [0.15, 0.2) is 0 Å². The third-order valence-electron chi connectivity index (χ3n) is 6.11. The number of nitrogens with one attached hydrogen (secondary N) is 1. The minimum absolute atomic E-state index is 0.0788. The number of hydrogen-bond acceptors (Lipinski definition) is 7. The number of para-hydroxylation sites is 1. The van der Waals surface area contributed by atoms with Crippen LogP contribution in [0.2, 0.25) is 0 Å². The Balaban J connectivity index is 1.75. The average molecular weight is 560 g/mol. The molecule has 1 atom stereocenters. The van der Waals surface area contributed by atoms with Crippen LogP contribution in [-0.2, 0) is 27.1 Å². The largest absolute Gasteiger partial charge is 0.416 e. The Labute approximate surface area is 229 Å². The molecule has 0 radical (unpaired) electrons. The first-order valence-electron chi connectivity index (χ1n) is 12.6. The summed E-state index contributed by atoms with van der Waals surface area (Å²) < 4.78 is 39.0. The number of amides is 3. The third-order valence-corrected chi connectivity index (χ3v) is 6.11. The van der Waals surface area contributed by atoms with E-state index in [2.05, 4.69) is 10.3 Å². The molecule has 1 unspecified atom stereocenters. The zero-order valence-electron chi connectivity index (χ0n) is 21.7. The van der Waals surface area contributed by atoms with E-state index in [0.29, 0.717) is 16.8 Å². The summed E-state index contributed by atoms with van der Waals surface area (Å²) in [4.78, 5) is 45.5. The fourth-order valence-electron chi connectivity index (χ4n) is 3.98. The molecule has 214 valence electrons.